The molecule has 0 saturated carbocycles. The van der Waals surface area contributed by atoms with Crippen molar-refractivity contribution in [1.29, 1.82) is 0 Å². The highest BCUT2D eigenvalue weighted by Crippen LogP contribution is 2.36. The van der Waals surface area contributed by atoms with E-state index >= 15 is 0 Å². The van der Waals surface area contributed by atoms with E-state index in [1.165, 1.54) is 41.3 Å². The Labute approximate surface area is 119 Å². The summed E-state index contributed by atoms with van der Waals surface area (Å²) in [6, 6.07) is 5.98. The van der Waals surface area contributed by atoms with Crippen LogP contribution in [0.15, 0.2) is 30.5 Å². The van der Waals surface area contributed by atoms with E-state index in [2.05, 4.69) is 31.0 Å². The van der Waals surface area contributed by atoms with Gasteiger partial charge < -0.3 is 0 Å². The second kappa shape index (κ2) is 4.97. The van der Waals surface area contributed by atoms with Crippen molar-refractivity contribution in [2.24, 2.45) is 0 Å². The van der Waals surface area contributed by atoms with Crippen LogP contribution in [0, 0.1) is 0 Å². The van der Waals surface area contributed by atoms with E-state index in [0.717, 1.165) is 10.5 Å². The van der Waals surface area contributed by atoms with Crippen LogP contribution in [0.2, 0.25) is 5.02 Å². The molecule has 3 rings (SSSR count). The fraction of sp³-hybridized carbons (Fsp3) is 0.353. The minimum absolute atomic E-state index is 0.473. The Morgan fingerprint density at radius 2 is 2.11 bits per heavy atom. The predicted molar refractivity (Wildman–Crippen MR) is 82.7 cm³/mol. The van der Waals surface area contributed by atoms with E-state index in [4.69, 9.17) is 11.6 Å². The van der Waals surface area contributed by atoms with Gasteiger partial charge in [0.05, 0.1) is 5.52 Å². The van der Waals surface area contributed by atoms with Crippen molar-refractivity contribution < 1.29 is 0 Å². The fourth-order valence-corrected chi connectivity index (χ4v) is 3.15. The van der Waals surface area contributed by atoms with Crippen molar-refractivity contribution in [2.45, 2.75) is 39.0 Å². The molecule has 0 unspecified atom stereocenters. The van der Waals surface area contributed by atoms with Crippen LogP contribution in [-0.4, -0.2) is 4.98 Å². The summed E-state index contributed by atoms with van der Waals surface area (Å²) < 4.78 is 0. The largest absolute Gasteiger partial charge is 0.256 e. The number of pyridine rings is 1. The number of aromatic nitrogens is 1. The average molecular weight is 272 g/mol. The summed E-state index contributed by atoms with van der Waals surface area (Å²) in [4.78, 5) is 4.61. The van der Waals surface area contributed by atoms with E-state index in [9.17, 15) is 0 Å². The Bertz CT molecular complexity index is 656. The molecule has 0 bridgehead atoms. The molecule has 2 aromatic rings. The molecule has 1 heterocycles. The molecule has 1 nitrogen and oxygen atoms in total. The van der Waals surface area contributed by atoms with Gasteiger partial charge in [-0.2, -0.15) is 0 Å². The molecule has 2 heteroatoms. The highest BCUT2D eigenvalue weighted by Gasteiger charge is 2.17. The zero-order chi connectivity index (χ0) is 13.4. The molecule has 98 valence electrons. The Hall–Kier alpha value is -1.34. The molecule has 0 radical (unpaired) electrons. The highest BCUT2D eigenvalue weighted by molar-refractivity contribution is 6.31. The lowest BCUT2D eigenvalue weighted by Crippen LogP contribution is -1.99. The number of hydrogen-bond donors (Lipinski definition) is 0. The van der Waals surface area contributed by atoms with Crippen molar-refractivity contribution in [2.75, 3.05) is 0 Å². The molecule has 19 heavy (non-hydrogen) atoms. The van der Waals surface area contributed by atoms with Crippen molar-refractivity contribution in [1.82, 2.24) is 4.98 Å². The van der Waals surface area contributed by atoms with Crippen molar-refractivity contribution >= 4 is 28.1 Å². The van der Waals surface area contributed by atoms with Crippen LogP contribution < -0.4 is 0 Å². The predicted octanol–water partition coefficient (Wildman–Crippen LogP) is 5.58. The number of nitrogens with zero attached hydrogens (tertiary/aromatic N) is 1. The summed E-state index contributed by atoms with van der Waals surface area (Å²) in [5.41, 5.74) is 5.21. The molecule has 1 aromatic carbocycles. The quantitative estimate of drug-likeness (QED) is 0.695. The van der Waals surface area contributed by atoms with Crippen molar-refractivity contribution in [3.05, 3.63) is 46.6 Å². The van der Waals surface area contributed by atoms with Crippen LogP contribution in [0.4, 0.5) is 0 Å². The van der Waals surface area contributed by atoms with Gasteiger partial charge in [0.15, 0.2) is 0 Å². The van der Waals surface area contributed by atoms with Gasteiger partial charge in [0.1, 0.15) is 0 Å². The molecule has 1 aromatic heterocycles. The second-order valence-electron chi connectivity index (χ2n) is 5.52. The van der Waals surface area contributed by atoms with Gasteiger partial charge in [-0.25, -0.2) is 0 Å². The van der Waals surface area contributed by atoms with E-state index in [1.54, 1.807) is 0 Å². The summed E-state index contributed by atoms with van der Waals surface area (Å²) in [7, 11) is 0. The maximum absolute atomic E-state index is 6.16. The zero-order valence-corrected chi connectivity index (χ0v) is 12.2. The van der Waals surface area contributed by atoms with E-state index in [1.807, 2.05) is 18.3 Å². The number of halogens is 1. The van der Waals surface area contributed by atoms with Gasteiger partial charge in [-0.05, 0) is 60.1 Å². The van der Waals surface area contributed by atoms with Gasteiger partial charge in [0.2, 0.25) is 0 Å². The van der Waals surface area contributed by atoms with Crippen LogP contribution in [0.1, 0.15) is 50.2 Å². The van der Waals surface area contributed by atoms with Gasteiger partial charge in [-0.3, -0.25) is 4.98 Å². The van der Waals surface area contributed by atoms with Gasteiger partial charge in [0.25, 0.3) is 0 Å². The maximum Gasteiger partial charge on any atom is 0.0706 e. The molecular formula is C17H18ClN. The lowest BCUT2D eigenvalue weighted by molar-refractivity contribution is 0.866. The third-order valence-electron chi connectivity index (χ3n) is 3.84. The van der Waals surface area contributed by atoms with Crippen molar-refractivity contribution in [3.63, 3.8) is 0 Å². The number of rotatable bonds is 2. The lowest BCUT2D eigenvalue weighted by Gasteiger charge is -2.16. The first kappa shape index (κ1) is 12.7. The van der Waals surface area contributed by atoms with Crippen LogP contribution in [0.3, 0.4) is 0 Å². The highest BCUT2D eigenvalue weighted by atomic mass is 35.5. The minimum atomic E-state index is 0.473. The number of benzene rings is 1. The summed E-state index contributed by atoms with van der Waals surface area (Å²) in [6.45, 7) is 4.49. The summed E-state index contributed by atoms with van der Waals surface area (Å²) in [5.74, 6) is 0.473. The Morgan fingerprint density at radius 3 is 2.79 bits per heavy atom. The molecule has 1 aliphatic rings. The number of allylic oxidation sites excluding steroid dienone is 2. The molecule has 0 aliphatic heterocycles. The molecule has 0 spiro atoms. The average Bonchev–Trinajstić information content (AvgIpc) is 2.90. The summed E-state index contributed by atoms with van der Waals surface area (Å²) in [5, 5.41) is 1.99. The first-order valence-corrected chi connectivity index (χ1v) is 7.32. The monoisotopic (exact) mass is 271 g/mol. The third kappa shape index (κ3) is 2.28. The number of fused-ring (bicyclic) bond motifs is 1. The van der Waals surface area contributed by atoms with Gasteiger partial charge >= 0.3 is 0 Å². The van der Waals surface area contributed by atoms with Crippen LogP contribution in [0.25, 0.3) is 16.5 Å². The van der Waals surface area contributed by atoms with Crippen LogP contribution in [-0.2, 0) is 0 Å². The number of hydrogen-bond acceptors (Lipinski definition) is 1. The molecule has 0 fully saturated rings. The van der Waals surface area contributed by atoms with E-state index in [-0.39, 0.29) is 0 Å². The minimum Gasteiger partial charge on any atom is -0.256 e. The molecule has 0 atom stereocenters. The fourth-order valence-electron chi connectivity index (χ4n) is 2.98. The smallest absolute Gasteiger partial charge is 0.0706 e. The van der Waals surface area contributed by atoms with Crippen molar-refractivity contribution in [3.8, 4) is 0 Å². The maximum atomic E-state index is 6.16. The summed E-state index contributed by atoms with van der Waals surface area (Å²) in [6.07, 6.45) is 8.04. The van der Waals surface area contributed by atoms with Gasteiger partial charge in [-0.1, -0.05) is 31.5 Å². The Morgan fingerprint density at radius 1 is 1.26 bits per heavy atom. The molecule has 0 saturated heterocycles. The van der Waals surface area contributed by atoms with Gasteiger partial charge in [-0.15, -0.1) is 0 Å². The SMILES string of the molecule is CC(C)c1c(C2=CCCC2)cnc2ccc(Cl)cc12. The molecule has 0 amide bonds. The normalized spacial score (nSPS) is 15.3. The Balaban J connectivity index is 2.30. The first-order chi connectivity index (χ1) is 9.16. The molecular weight excluding hydrogens is 254 g/mol. The molecule has 1 aliphatic carbocycles. The Kier molecular flexibility index (Phi) is 3.32. The first-order valence-electron chi connectivity index (χ1n) is 6.94. The standard InChI is InChI=1S/C17H18ClN/c1-11(2)17-14-9-13(18)7-8-16(14)19-10-15(17)12-5-3-4-6-12/h5,7-11H,3-4,6H2,1-2H3. The molecule has 0 N–H and O–H groups in total. The zero-order valence-electron chi connectivity index (χ0n) is 11.4. The van der Waals surface area contributed by atoms with E-state index < -0.39 is 0 Å². The van der Waals surface area contributed by atoms with E-state index in [0.29, 0.717) is 5.92 Å². The van der Waals surface area contributed by atoms with Gasteiger partial charge in [0, 0.05) is 16.6 Å². The van der Waals surface area contributed by atoms with Crippen LogP contribution >= 0.6 is 11.6 Å². The third-order valence-corrected chi connectivity index (χ3v) is 4.07. The lowest BCUT2D eigenvalue weighted by atomic mass is 9.90. The second-order valence-corrected chi connectivity index (χ2v) is 5.96. The summed E-state index contributed by atoms with van der Waals surface area (Å²) >= 11 is 6.16. The topological polar surface area (TPSA) is 12.9 Å². The van der Waals surface area contributed by atoms with Crippen LogP contribution in [0.5, 0.6) is 0 Å².